The molecular weight excluding hydrogens is 489 g/mol. The summed E-state index contributed by atoms with van der Waals surface area (Å²) in [5.41, 5.74) is 2.06. The highest BCUT2D eigenvalue weighted by atomic mass is 127. The van der Waals surface area contributed by atoms with E-state index in [4.69, 9.17) is 0 Å². The average molecular weight is 521 g/mol. The number of benzene rings is 2. The number of hydrogen-bond donors (Lipinski definition) is 2. The fraction of sp³-hybridized carbons (Fsp3) is 0.391. The van der Waals surface area contributed by atoms with Crippen LogP contribution in [0.3, 0.4) is 0 Å². The summed E-state index contributed by atoms with van der Waals surface area (Å²) in [6.45, 7) is 6.43. The number of rotatable bonds is 7. The molecule has 7 heteroatoms. The monoisotopic (exact) mass is 521 g/mol. The Hall–Kier alpha value is -2.13. The molecule has 0 aliphatic carbocycles. The number of carbonyl (C=O) groups excluding carboxylic acids is 1. The minimum absolute atomic E-state index is 0. The van der Waals surface area contributed by atoms with Crippen LogP contribution >= 0.6 is 24.0 Å². The molecule has 2 aromatic carbocycles. The van der Waals surface area contributed by atoms with E-state index in [9.17, 15) is 4.79 Å². The zero-order chi connectivity index (χ0) is 20.3. The summed E-state index contributed by atoms with van der Waals surface area (Å²) in [7, 11) is 1.83. The molecule has 30 heavy (non-hydrogen) atoms. The lowest BCUT2D eigenvalue weighted by Crippen LogP contribution is -2.52. The van der Waals surface area contributed by atoms with Gasteiger partial charge in [0.1, 0.15) is 0 Å². The summed E-state index contributed by atoms with van der Waals surface area (Å²) in [6, 6.07) is 19.9. The van der Waals surface area contributed by atoms with Crippen molar-refractivity contribution in [3.8, 4) is 0 Å². The van der Waals surface area contributed by atoms with Crippen molar-refractivity contribution in [1.82, 2.24) is 20.4 Å². The van der Waals surface area contributed by atoms with Crippen LogP contribution in [-0.2, 0) is 6.54 Å². The maximum absolute atomic E-state index is 12.0. The molecule has 0 spiro atoms. The van der Waals surface area contributed by atoms with Crippen LogP contribution in [0.2, 0.25) is 0 Å². The molecule has 6 nitrogen and oxygen atoms in total. The smallest absolute Gasteiger partial charge is 0.251 e. The molecule has 2 N–H and O–H groups in total. The van der Waals surface area contributed by atoms with Gasteiger partial charge in [-0.05, 0) is 24.1 Å². The normalized spacial score (nSPS) is 14.7. The topological polar surface area (TPSA) is 60.0 Å². The number of guanidine groups is 1. The molecule has 1 amide bonds. The van der Waals surface area contributed by atoms with Gasteiger partial charge in [-0.1, -0.05) is 48.5 Å². The highest BCUT2D eigenvalue weighted by Gasteiger charge is 2.19. The van der Waals surface area contributed by atoms with E-state index in [1.165, 1.54) is 5.56 Å². The Bertz CT molecular complexity index is 777. The van der Waals surface area contributed by atoms with Gasteiger partial charge in [0.2, 0.25) is 0 Å². The van der Waals surface area contributed by atoms with Crippen molar-refractivity contribution in [3.63, 3.8) is 0 Å². The molecule has 0 atom stereocenters. The first-order valence-electron chi connectivity index (χ1n) is 10.3. The van der Waals surface area contributed by atoms with Crippen LogP contribution in [-0.4, -0.2) is 68.0 Å². The number of hydrogen-bond acceptors (Lipinski definition) is 3. The molecule has 0 unspecified atom stereocenters. The molecule has 1 heterocycles. The Morgan fingerprint density at radius 1 is 0.900 bits per heavy atom. The van der Waals surface area contributed by atoms with Crippen molar-refractivity contribution in [2.75, 3.05) is 46.3 Å². The van der Waals surface area contributed by atoms with Crippen molar-refractivity contribution in [1.29, 1.82) is 0 Å². The molecule has 2 aromatic rings. The number of carbonyl (C=O) groups is 1. The lowest BCUT2D eigenvalue weighted by atomic mass is 10.2. The Morgan fingerprint density at radius 3 is 2.13 bits per heavy atom. The van der Waals surface area contributed by atoms with Crippen LogP contribution in [0.5, 0.6) is 0 Å². The van der Waals surface area contributed by atoms with Gasteiger partial charge in [0.25, 0.3) is 5.91 Å². The minimum Gasteiger partial charge on any atom is -0.356 e. The van der Waals surface area contributed by atoms with Gasteiger partial charge in [-0.15, -0.1) is 24.0 Å². The first-order chi connectivity index (χ1) is 14.3. The first-order valence-corrected chi connectivity index (χ1v) is 10.3. The van der Waals surface area contributed by atoms with Crippen LogP contribution in [0.25, 0.3) is 0 Å². The van der Waals surface area contributed by atoms with Gasteiger partial charge in [0.05, 0.1) is 0 Å². The highest BCUT2D eigenvalue weighted by Crippen LogP contribution is 2.08. The van der Waals surface area contributed by atoms with Crippen molar-refractivity contribution < 1.29 is 4.79 Å². The molecule has 0 bridgehead atoms. The molecule has 3 rings (SSSR count). The van der Waals surface area contributed by atoms with Gasteiger partial charge in [-0.25, -0.2) is 0 Å². The molecule has 0 saturated carbocycles. The van der Waals surface area contributed by atoms with Gasteiger partial charge in [-0.3, -0.25) is 14.7 Å². The van der Waals surface area contributed by atoms with Crippen LogP contribution in [0, 0.1) is 0 Å². The zero-order valence-corrected chi connectivity index (χ0v) is 19.9. The molecular formula is C23H32IN5O. The maximum atomic E-state index is 12.0. The van der Waals surface area contributed by atoms with Crippen molar-refractivity contribution in [2.45, 2.75) is 13.0 Å². The number of aliphatic imine (C=N–C) groups is 1. The van der Waals surface area contributed by atoms with E-state index in [1.807, 2.05) is 37.4 Å². The number of amides is 1. The summed E-state index contributed by atoms with van der Waals surface area (Å²) in [5.74, 6) is 0.920. The van der Waals surface area contributed by atoms with Crippen molar-refractivity contribution >= 4 is 35.8 Å². The van der Waals surface area contributed by atoms with Gasteiger partial charge in [0.15, 0.2) is 5.96 Å². The fourth-order valence-electron chi connectivity index (χ4n) is 3.47. The Labute approximate surface area is 196 Å². The third kappa shape index (κ3) is 7.60. The molecule has 1 saturated heterocycles. The molecule has 0 aromatic heterocycles. The first kappa shape index (κ1) is 24.1. The van der Waals surface area contributed by atoms with Gasteiger partial charge in [-0.2, -0.15) is 0 Å². The van der Waals surface area contributed by atoms with Crippen LogP contribution in [0.15, 0.2) is 65.7 Å². The lowest BCUT2D eigenvalue weighted by molar-refractivity contribution is 0.0953. The summed E-state index contributed by atoms with van der Waals surface area (Å²) in [4.78, 5) is 21.3. The molecule has 162 valence electrons. The third-order valence-corrected chi connectivity index (χ3v) is 5.09. The Morgan fingerprint density at radius 2 is 1.50 bits per heavy atom. The number of nitrogens with zero attached hydrogens (tertiary/aromatic N) is 3. The second-order valence-electron chi connectivity index (χ2n) is 7.20. The predicted octanol–water partition coefficient (Wildman–Crippen LogP) is 2.82. The second-order valence-corrected chi connectivity index (χ2v) is 7.20. The predicted molar refractivity (Wildman–Crippen MR) is 133 cm³/mol. The summed E-state index contributed by atoms with van der Waals surface area (Å²) in [6.07, 6.45) is 0.853. The summed E-state index contributed by atoms with van der Waals surface area (Å²) >= 11 is 0. The number of halogens is 1. The molecule has 0 radical (unpaired) electrons. The van der Waals surface area contributed by atoms with E-state index in [0.29, 0.717) is 12.1 Å². The van der Waals surface area contributed by atoms with Gasteiger partial charge in [0, 0.05) is 58.4 Å². The SMILES string of the molecule is CN=C(NCCCNC(=O)c1ccccc1)N1CCN(Cc2ccccc2)CC1.I. The minimum atomic E-state index is -0.0236. The number of piperazine rings is 1. The largest absolute Gasteiger partial charge is 0.356 e. The Balaban J connectivity index is 0.00000320. The van der Waals surface area contributed by atoms with E-state index in [0.717, 1.165) is 51.6 Å². The lowest BCUT2D eigenvalue weighted by Gasteiger charge is -2.36. The van der Waals surface area contributed by atoms with Crippen molar-refractivity contribution in [3.05, 3.63) is 71.8 Å². The fourth-order valence-corrected chi connectivity index (χ4v) is 3.47. The van der Waals surface area contributed by atoms with E-state index >= 15 is 0 Å². The highest BCUT2D eigenvalue weighted by molar-refractivity contribution is 14.0. The van der Waals surface area contributed by atoms with Gasteiger partial charge >= 0.3 is 0 Å². The van der Waals surface area contributed by atoms with Crippen LogP contribution in [0.4, 0.5) is 0 Å². The van der Waals surface area contributed by atoms with Crippen molar-refractivity contribution in [2.24, 2.45) is 4.99 Å². The van der Waals surface area contributed by atoms with E-state index in [-0.39, 0.29) is 29.9 Å². The van der Waals surface area contributed by atoms with E-state index in [2.05, 4.69) is 55.8 Å². The second kappa shape index (κ2) is 13.2. The van der Waals surface area contributed by atoms with Crippen LogP contribution < -0.4 is 10.6 Å². The molecule has 1 aliphatic heterocycles. The van der Waals surface area contributed by atoms with E-state index in [1.54, 1.807) is 0 Å². The zero-order valence-electron chi connectivity index (χ0n) is 17.6. The molecule has 1 aliphatic rings. The summed E-state index contributed by atoms with van der Waals surface area (Å²) < 4.78 is 0. The average Bonchev–Trinajstić information content (AvgIpc) is 2.78. The Kier molecular flexibility index (Phi) is 10.6. The quantitative estimate of drug-likeness (QED) is 0.255. The molecule has 1 fully saturated rings. The summed E-state index contributed by atoms with van der Waals surface area (Å²) in [5, 5.41) is 6.38. The standard InChI is InChI=1S/C23H31N5O.HI/c1-24-23(26-14-8-13-25-22(29)21-11-6-3-7-12-21)28-17-15-27(16-18-28)19-20-9-4-2-5-10-20;/h2-7,9-12H,8,13-19H2,1H3,(H,24,26)(H,25,29);1H. The maximum Gasteiger partial charge on any atom is 0.251 e. The van der Waals surface area contributed by atoms with E-state index < -0.39 is 0 Å². The van der Waals surface area contributed by atoms with Gasteiger partial charge < -0.3 is 15.5 Å². The third-order valence-electron chi connectivity index (χ3n) is 5.09. The van der Waals surface area contributed by atoms with Crippen LogP contribution in [0.1, 0.15) is 22.3 Å². The number of nitrogens with one attached hydrogen (secondary N) is 2.